The van der Waals surface area contributed by atoms with Crippen molar-refractivity contribution >= 4 is 22.7 Å². The van der Waals surface area contributed by atoms with Gasteiger partial charge in [0, 0.05) is 30.7 Å². The Morgan fingerprint density at radius 2 is 2.44 bits per heavy atom. The van der Waals surface area contributed by atoms with Crippen molar-refractivity contribution in [3.8, 4) is 0 Å². The number of carbonyl (C=O) groups is 1. The van der Waals surface area contributed by atoms with Gasteiger partial charge < -0.3 is 10.0 Å². The summed E-state index contributed by atoms with van der Waals surface area (Å²) in [6, 6.07) is 0.00192. The van der Waals surface area contributed by atoms with E-state index in [2.05, 4.69) is 14.7 Å². The van der Waals surface area contributed by atoms with Gasteiger partial charge in [0.05, 0.1) is 0 Å². The molecule has 1 aliphatic heterocycles. The molecule has 1 fully saturated rings. The van der Waals surface area contributed by atoms with Crippen LogP contribution in [0.2, 0.25) is 0 Å². The van der Waals surface area contributed by atoms with Crippen molar-refractivity contribution in [1.29, 1.82) is 0 Å². The lowest BCUT2D eigenvalue weighted by Gasteiger charge is -2.35. The first-order valence-corrected chi connectivity index (χ1v) is 6.97. The molecule has 2 heterocycles. The third-order valence-electron chi connectivity index (χ3n) is 3.09. The summed E-state index contributed by atoms with van der Waals surface area (Å²) >= 11 is 1.19. The molecule has 0 bridgehead atoms. The highest BCUT2D eigenvalue weighted by Gasteiger charge is 2.26. The third-order valence-corrected chi connectivity index (χ3v) is 3.81. The number of hydrogen-bond acceptors (Lipinski definition) is 5. The zero-order valence-corrected chi connectivity index (χ0v) is 11.2. The summed E-state index contributed by atoms with van der Waals surface area (Å²) in [5, 5.41) is 12.3. The van der Waals surface area contributed by atoms with Crippen LogP contribution >= 0.6 is 11.5 Å². The summed E-state index contributed by atoms with van der Waals surface area (Å²) < 4.78 is 4.03. The molecule has 0 aromatic carbocycles. The molecule has 18 heavy (non-hydrogen) atoms. The molecule has 2 N–H and O–H groups in total. The van der Waals surface area contributed by atoms with Crippen LogP contribution in [0.4, 0.5) is 9.93 Å². The van der Waals surface area contributed by atoms with Gasteiger partial charge in [0.2, 0.25) is 5.13 Å². The van der Waals surface area contributed by atoms with Crippen molar-refractivity contribution < 1.29 is 9.90 Å². The highest BCUT2D eigenvalue weighted by molar-refractivity contribution is 7.09. The highest BCUT2D eigenvalue weighted by atomic mass is 32.1. The normalized spacial score (nSPS) is 19.9. The van der Waals surface area contributed by atoms with Gasteiger partial charge in [-0.1, -0.05) is 0 Å². The number of aliphatic hydroxyl groups is 1. The van der Waals surface area contributed by atoms with Crippen molar-refractivity contribution in [3.63, 3.8) is 0 Å². The van der Waals surface area contributed by atoms with E-state index in [1.807, 2.05) is 0 Å². The van der Waals surface area contributed by atoms with Gasteiger partial charge in [0.15, 0.2) is 0 Å². The van der Waals surface area contributed by atoms with Crippen molar-refractivity contribution in [2.45, 2.75) is 38.6 Å². The van der Waals surface area contributed by atoms with Gasteiger partial charge in [-0.05, 0) is 32.6 Å². The molecule has 0 unspecified atom stereocenters. The molecule has 6 nitrogen and oxygen atoms in total. The molecule has 0 radical (unpaired) electrons. The largest absolute Gasteiger partial charge is 0.396 e. The summed E-state index contributed by atoms with van der Waals surface area (Å²) in [5.41, 5.74) is 0. The number of aliphatic hydroxyl groups excluding tert-OH is 1. The number of amides is 2. The smallest absolute Gasteiger partial charge is 0.323 e. The average molecular weight is 270 g/mol. The van der Waals surface area contributed by atoms with E-state index >= 15 is 0 Å². The van der Waals surface area contributed by atoms with Crippen LogP contribution in [-0.4, -0.2) is 44.6 Å². The zero-order chi connectivity index (χ0) is 13.0. The molecule has 100 valence electrons. The Morgan fingerprint density at radius 1 is 1.61 bits per heavy atom. The number of hydrogen-bond donors (Lipinski definition) is 2. The van der Waals surface area contributed by atoms with E-state index < -0.39 is 0 Å². The molecule has 1 aliphatic rings. The minimum absolute atomic E-state index is 0.117. The van der Waals surface area contributed by atoms with E-state index in [-0.39, 0.29) is 18.7 Å². The summed E-state index contributed by atoms with van der Waals surface area (Å²) in [7, 11) is 0. The van der Waals surface area contributed by atoms with Gasteiger partial charge in [-0.2, -0.15) is 4.37 Å². The lowest BCUT2D eigenvalue weighted by Crippen LogP contribution is -2.46. The van der Waals surface area contributed by atoms with E-state index in [1.165, 1.54) is 11.5 Å². The SMILES string of the molecule is Cc1nsc(NC(=O)N2CCCC[C@@H]2CCO)n1. The quantitative estimate of drug-likeness (QED) is 0.874. The maximum Gasteiger partial charge on any atom is 0.323 e. The Hall–Kier alpha value is -1.21. The number of anilines is 1. The minimum atomic E-state index is -0.135. The molecule has 7 heteroatoms. The van der Waals surface area contributed by atoms with Crippen LogP contribution in [0, 0.1) is 6.92 Å². The van der Waals surface area contributed by atoms with Gasteiger partial charge in [-0.15, -0.1) is 0 Å². The molecule has 0 saturated carbocycles. The summed E-state index contributed by atoms with van der Waals surface area (Å²) in [4.78, 5) is 18.1. The molecule has 0 aliphatic carbocycles. The molecular weight excluding hydrogens is 252 g/mol. The standard InChI is InChI=1S/C11H18N4O2S/c1-8-12-10(18-14-8)13-11(17)15-6-3-2-4-9(15)5-7-16/h9,16H,2-7H2,1H3,(H,12,13,14,17)/t9-/m1/s1. The summed E-state index contributed by atoms with van der Waals surface area (Å²) in [5.74, 6) is 0.667. The molecule has 2 rings (SSSR count). The molecular formula is C11H18N4O2S. The van der Waals surface area contributed by atoms with E-state index in [0.717, 1.165) is 25.8 Å². The Labute approximate surface area is 110 Å². The molecule has 0 spiro atoms. The lowest BCUT2D eigenvalue weighted by molar-refractivity contribution is 0.141. The molecule has 1 saturated heterocycles. The maximum absolute atomic E-state index is 12.1. The Kier molecular flexibility index (Phi) is 4.48. The van der Waals surface area contributed by atoms with Crippen LogP contribution in [0.25, 0.3) is 0 Å². The average Bonchev–Trinajstić information content (AvgIpc) is 2.76. The number of likely N-dealkylation sites (tertiary alicyclic amines) is 1. The third kappa shape index (κ3) is 3.17. The van der Waals surface area contributed by atoms with Crippen molar-refractivity contribution in [2.75, 3.05) is 18.5 Å². The second-order valence-electron chi connectivity index (χ2n) is 4.43. The second-order valence-corrected chi connectivity index (χ2v) is 5.18. The van der Waals surface area contributed by atoms with Crippen LogP contribution in [-0.2, 0) is 0 Å². The predicted octanol–water partition coefficient (Wildman–Crippen LogP) is 1.62. The Bertz CT molecular complexity index is 408. The number of aryl methyl sites for hydroxylation is 1. The number of aromatic nitrogens is 2. The van der Waals surface area contributed by atoms with Gasteiger partial charge in [-0.25, -0.2) is 9.78 Å². The topological polar surface area (TPSA) is 78.4 Å². The molecule has 2 amide bonds. The predicted molar refractivity (Wildman–Crippen MR) is 69.7 cm³/mol. The number of nitrogens with one attached hydrogen (secondary N) is 1. The first kappa shape index (κ1) is 13.2. The van der Waals surface area contributed by atoms with Gasteiger partial charge in [-0.3, -0.25) is 5.32 Å². The van der Waals surface area contributed by atoms with E-state index in [4.69, 9.17) is 5.11 Å². The molecule has 1 aromatic heterocycles. The van der Waals surface area contributed by atoms with Crippen LogP contribution in [0.3, 0.4) is 0 Å². The number of rotatable bonds is 3. The van der Waals surface area contributed by atoms with Crippen LogP contribution in [0.5, 0.6) is 0 Å². The van der Waals surface area contributed by atoms with E-state index in [1.54, 1.807) is 11.8 Å². The maximum atomic E-state index is 12.1. The fraction of sp³-hybridized carbons (Fsp3) is 0.727. The zero-order valence-electron chi connectivity index (χ0n) is 10.4. The molecule has 1 aromatic rings. The molecule has 1 atom stereocenters. The van der Waals surface area contributed by atoms with Crippen LogP contribution < -0.4 is 5.32 Å². The number of urea groups is 1. The van der Waals surface area contributed by atoms with Crippen molar-refractivity contribution in [2.24, 2.45) is 0 Å². The van der Waals surface area contributed by atoms with Gasteiger partial charge in [0.1, 0.15) is 5.82 Å². The van der Waals surface area contributed by atoms with Crippen molar-refractivity contribution in [3.05, 3.63) is 5.82 Å². The fourth-order valence-corrected chi connectivity index (χ4v) is 2.79. The second kappa shape index (κ2) is 6.10. The van der Waals surface area contributed by atoms with E-state index in [9.17, 15) is 4.79 Å². The highest BCUT2D eigenvalue weighted by Crippen LogP contribution is 2.21. The van der Waals surface area contributed by atoms with Crippen LogP contribution in [0.1, 0.15) is 31.5 Å². The first-order valence-electron chi connectivity index (χ1n) is 6.19. The lowest BCUT2D eigenvalue weighted by atomic mass is 10.0. The Morgan fingerprint density at radius 3 is 3.11 bits per heavy atom. The Balaban J connectivity index is 1.97. The van der Waals surface area contributed by atoms with E-state index in [0.29, 0.717) is 17.4 Å². The number of piperidine rings is 1. The monoisotopic (exact) mass is 270 g/mol. The number of carbonyl (C=O) groups excluding carboxylic acids is 1. The summed E-state index contributed by atoms with van der Waals surface area (Å²) in [6.45, 7) is 2.66. The van der Waals surface area contributed by atoms with Gasteiger partial charge in [0.25, 0.3) is 0 Å². The first-order chi connectivity index (χ1) is 8.70. The van der Waals surface area contributed by atoms with Gasteiger partial charge >= 0.3 is 6.03 Å². The minimum Gasteiger partial charge on any atom is -0.396 e. The van der Waals surface area contributed by atoms with Crippen molar-refractivity contribution in [1.82, 2.24) is 14.3 Å². The fourth-order valence-electron chi connectivity index (χ4n) is 2.23. The summed E-state index contributed by atoms with van der Waals surface area (Å²) in [6.07, 6.45) is 3.74. The van der Waals surface area contributed by atoms with Crippen LogP contribution in [0.15, 0.2) is 0 Å². The number of nitrogens with zero attached hydrogens (tertiary/aromatic N) is 3.